The number of aromatic nitrogens is 3. The fraction of sp³-hybridized carbons (Fsp3) is 0.240. The lowest BCUT2D eigenvalue weighted by Crippen LogP contribution is -2.36. The molecule has 0 bridgehead atoms. The van der Waals surface area contributed by atoms with Crippen molar-refractivity contribution in [3.05, 3.63) is 77.4 Å². The molecule has 0 saturated carbocycles. The third-order valence-electron chi connectivity index (χ3n) is 6.02. The van der Waals surface area contributed by atoms with Crippen LogP contribution in [0.1, 0.15) is 23.7 Å². The summed E-state index contributed by atoms with van der Waals surface area (Å²) in [6.07, 6.45) is 2.17. The Hall–Kier alpha value is -3.78. The van der Waals surface area contributed by atoms with Crippen LogP contribution >= 0.6 is 11.3 Å². The number of fused-ring (bicyclic) bond motifs is 1. The number of benzene rings is 2. The van der Waals surface area contributed by atoms with Gasteiger partial charge in [0.25, 0.3) is 10.0 Å². The molecule has 1 aliphatic heterocycles. The van der Waals surface area contributed by atoms with Gasteiger partial charge in [-0.25, -0.2) is 13.4 Å². The van der Waals surface area contributed by atoms with E-state index in [-0.39, 0.29) is 11.0 Å². The third kappa shape index (κ3) is 6.37. The number of hydrogen-bond acceptors (Lipinski definition) is 11. The first-order chi connectivity index (χ1) is 18.4. The van der Waals surface area contributed by atoms with Gasteiger partial charge in [-0.1, -0.05) is 17.4 Å². The number of pyridine rings is 1. The van der Waals surface area contributed by atoms with E-state index in [0.29, 0.717) is 47.5 Å². The molecule has 2 atom stereocenters. The standard InChI is InChI=1S/C25H27N7O4S2/c26-24-10-2-17(12-28-24)22(33)14-27-13-20-7-1-16-11-21(8-9-23(16)36-20)38(34,35)32-19-5-3-18(4-6-19)30-25-31-29-15-37-25/h2-6,8-12,15,20,22,27,32-33H,1,7,13-14H2,(H2,26,28)(H,30,31). The number of nitrogen functional groups attached to an aromatic ring is 1. The van der Waals surface area contributed by atoms with E-state index in [1.54, 1.807) is 66.3 Å². The molecule has 0 aliphatic carbocycles. The quantitative estimate of drug-likeness (QED) is 0.197. The largest absolute Gasteiger partial charge is 0.489 e. The number of anilines is 4. The van der Waals surface area contributed by atoms with Crippen molar-refractivity contribution in [2.75, 3.05) is 28.9 Å². The fourth-order valence-electron chi connectivity index (χ4n) is 4.03. The maximum atomic E-state index is 13.0. The molecule has 6 N–H and O–H groups in total. The van der Waals surface area contributed by atoms with Crippen molar-refractivity contribution in [2.24, 2.45) is 0 Å². The minimum absolute atomic E-state index is 0.0906. The maximum Gasteiger partial charge on any atom is 0.261 e. The molecule has 2 unspecified atom stereocenters. The summed E-state index contributed by atoms with van der Waals surface area (Å²) in [5.41, 5.74) is 9.96. The smallest absolute Gasteiger partial charge is 0.261 e. The highest BCUT2D eigenvalue weighted by Gasteiger charge is 2.23. The fourth-order valence-corrected chi connectivity index (χ4v) is 5.61. The highest BCUT2D eigenvalue weighted by atomic mass is 32.2. The number of nitrogens with zero attached hydrogens (tertiary/aromatic N) is 3. The number of nitrogens with two attached hydrogens (primary N) is 1. The summed E-state index contributed by atoms with van der Waals surface area (Å²) in [6, 6.07) is 15.2. The lowest BCUT2D eigenvalue weighted by molar-refractivity contribution is 0.146. The average Bonchev–Trinajstić information content (AvgIpc) is 3.43. The molecule has 0 fully saturated rings. The SMILES string of the molecule is Nc1ccc(C(O)CNCC2CCc3cc(S(=O)(=O)Nc4ccc(Nc5nncs5)cc4)ccc3O2)cn1. The van der Waals surface area contributed by atoms with E-state index in [1.165, 1.54) is 11.3 Å². The van der Waals surface area contributed by atoms with Crippen LogP contribution in [-0.4, -0.2) is 47.9 Å². The van der Waals surface area contributed by atoms with E-state index < -0.39 is 16.1 Å². The zero-order chi connectivity index (χ0) is 26.5. The van der Waals surface area contributed by atoms with Crippen molar-refractivity contribution in [1.29, 1.82) is 0 Å². The van der Waals surface area contributed by atoms with Crippen LogP contribution in [0.2, 0.25) is 0 Å². The Balaban J connectivity index is 1.15. The third-order valence-corrected chi connectivity index (χ3v) is 8.01. The molecule has 4 aromatic rings. The number of aliphatic hydroxyl groups excluding tert-OH is 1. The summed E-state index contributed by atoms with van der Waals surface area (Å²) < 4.78 is 34.7. The number of ether oxygens (including phenoxy) is 1. The summed E-state index contributed by atoms with van der Waals surface area (Å²) in [5, 5.41) is 25.0. The molecule has 11 nitrogen and oxygen atoms in total. The predicted octanol–water partition coefficient (Wildman–Crippen LogP) is 3.08. The van der Waals surface area contributed by atoms with Gasteiger partial charge in [0.1, 0.15) is 23.2 Å². The van der Waals surface area contributed by atoms with E-state index in [4.69, 9.17) is 10.5 Å². The Morgan fingerprint density at radius 3 is 2.68 bits per heavy atom. The predicted molar refractivity (Wildman–Crippen MR) is 146 cm³/mol. The second-order valence-corrected chi connectivity index (χ2v) is 11.3. The number of hydrogen-bond donors (Lipinski definition) is 5. The van der Waals surface area contributed by atoms with Gasteiger partial charge in [0.05, 0.1) is 11.0 Å². The van der Waals surface area contributed by atoms with Crippen LogP contribution < -0.4 is 25.8 Å². The van der Waals surface area contributed by atoms with Gasteiger partial charge in [0.15, 0.2) is 0 Å². The molecule has 0 spiro atoms. The number of aryl methyl sites for hydroxylation is 1. The first-order valence-corrected chi connectivity index (χ1v) is 14.3. The van der Waals surface area contributed by atoms with Crippen molar-refractivity contribution in [3.8, 4) is 5.75 Å². The van der Waals surface area contributed by atoms with Gasteiger partial charge in [0.2, 0.25) is 5.13 Å². The second kappa shape index (κ2) is 11.3. The molecular weight excluding hydrogens is 526 g/mol. The van der Waals surface area contributed by atoms with Crippen LogP contribution in [0.3, 0.4) is 0 Å². The molecule has 2 aromatic heterocycles. The summed E-state index contributed by atoms with van der Waals surface area (Å²) in [7, 11) is -3.78. The van der Waals surface area contributed by atoms with Crippen molar-refractivity contribution >= 4 is 43.7 Å². The Labute approximate surface area is 224 Å². The Morgan fingerprint density at radius 2 is 1.95 bits per heavy atom. The molecule has 0 saturated heterocycles. The van der Waals surface area contributed by atoms with E-state index in [9.17, 15) is 13.5 Å². The normalized spacial score (nSPS) is 15.8. The maximum absolute atomic E-state index is 13.0. The minimum Gasteiger partial charge on any atom is -0.489 e. The average molecular weight is 554 g/mol. The Bertz CT molecular complexity index is 1460. The zero-order valence-electron chi connectivity index (χ0n) is 20.2. The molecule has 5 rings (SSSR count). The van der Waals surface area contributed by atoms with Crippen molar-refractivity contribution in [2.45, 2.75) is 29.9 Å². The van der Waals surface area contributed by atoms with Gasteiger partial charge < -0.3 is 26.2 Å². The van der Waals surface area contributed by atoms with Gasteiger partial charge in [-0.2, -0.15) is 0 Å². The van der Waals surface area contributed by atoms with E-state index in [1.807, 2.05) is 0 Å². The van der Waals surface area contributed by atoms with E-state index >= 15 is 0 Å². The summed E-state index contributed by atoms with van der Waals surface area (Å²) in [5.74, 6) is 1.07. The second-order valence-electron chi connectivity index (χ2n) is 8.79. The number of aliphatic hydroxyl groups is 1. The highest BCUT2D eigenvalue weighted by molar-refractivity contribution is 7.92. The monoisotopic (exact) mass is 553 g/mol. The Kier molecular flexibility index (Phi) is 7.69. The molecule has 2 aromatic carbocycles. The summed E-state index contributed by atoms with van der Waals surface area (Å²) >= 11 is 1.37. The molecule has 0 amide bonds. The molecule has 1 aliphatic rings. The topological polar surface area (TPSA) is 164 Å². The summed E-state index contributed by atoms with van der Waals surface area (Å²) in [4.78, 5) is 4.17. The van der Waals surface area contributed by atoms with Crippen LogP contribution in [0.25, 0.3) is 0 Å². The lowest BCUT2D eigenvalue weighted by atomic mass is 10.0. The Morgan fingerprint density at radius 1 is 1.13 bits per heavy atom. The number of rotatable bonds is 10. The molecule has 198 valence electrons. The zero-order valence-corrected chi connectivity index (χ0v) is 21.9. The van der Waals surface area contributed by atoms with E-state index in [0.717, 1.165) is 17.7 Å². The van der Waals surface area contributed by atoms with Crippen LogP contribution in [0, 0.1) is 0 Å². The number of nitrogens with one attached hydrogen (secondary N) is 3. The molecule has 38 heavy (non-hydrogen) atoms. The lowest BCUT2D eigenvalue weighted by Gasteiger charge is -2.27. The molecule has 13 heteroatoms. The molecule has 0 radical (unpaired) electrons. The molecular formula is C25H27N7O4S2. The van der Waals surface area contributed by atoms with Crippen molar-refractivity contribution in [1.82, 2.24) is 20.5 Å². The van der Waals surface area contributed by atoms with E-state index in [2.05, 4.69) is 30.5 Å². The van der Waals surface area contributed by atoms with Crippen molar-refractivity contribution in [3.63, 3.8) is 0 Å². The van der Waals surface area contributed by atoms with Gasteiger partial charge in [0, 0.05) is 36.2 Å². The van der Waals surface area contributed by atoms with Gasteiger partial charge in [-0.15, -0.1) is 10.2 Å². The van der Waals surface area contributed by atoms with Crippen molar-refractivity contribution < 1.29 is 18.3 Å². The highest BCUT2D eigenvalue weighted by Crippen LogP contribution is 2.31. The van der Waals surface area contributed by atoms with Crippen LogP contribution in [0.5, 0.6) is 5.75 Å². The molecule has 3 heterocycles. The van der Waals surface area contributed by atoms with Gasteiger partial charge >= 0.3 is 0 Å². The van der Waals surface area contributed by atoms with Crippen LogP contribution in [0.15, 0.2) is 71.2 Å². The summed E-state index contributed by atoms with van der Waals surface area (Å²) in [6.45, 7) is 0.894. The minimum atomic E-state index is -3.78. The van der Waals surface area contributed by atoms with Crippen LogP contribution in [-0.2, 0) is 16.4 Å². The van der Waals surface area contributed by atoms with Crippen LogP contribution in [0.4, 0.5) is 22.3 Å². The van der Waals surface area contributed by atoms with Gasteiger partial charge in [-0.3, -0.25) is 4.72 Å². The first kappa shape index (κ1) is 25.9. The first-order valence-electron chi connectivity index (χ1n) is 11.9. The number of sulfonamides is 1. The van der Waals surface area contributed by atoms with Gasteiger partial charge in [-0.05, 0) is 66.9 Å².